The molecule has 1 aliphatic rings. The minimum atomic E-state index is -0.338. The standard InChI is InChI=1S/C17H19N3O3/c1-12-9-15(19-23-12)18-17(22)14-10-16(21)20(11-14)8-7-13-5-3-2-4-6-13/h2-6,9,14H,7-8,10-11H2,1H3,(H,18,19,22). The van der Waals surface area contributed by atoms with Gasteiger partial charge in [-0.2, -0.15) is 0 Å². The third-order valence-corrected chi connectivity index (χ3v) is 3.98. The van der Waals surface area contributed by atoms with E-state index < -0.39 is 0 Å². The van der Waals surface area contributed by atoms with Crippen molar-refractivity contribution >= 4 is 17.6 Å². The fraction of sp³-hybridized carbons (Fsp3) is 0.353. The summed E-state index contributed by atoms with van der Waals surface area (Å²) in [6, 6.07) is 11.7. The number of nitrogens with one attached hydrogen (secondary N) is 1. The van der Waals surface area contributed by atoms with Crippen molar-refractivity contribution in [3.8, 4) is 0 Å². The maximum absolute atomic E-state index is 12.2. The van der Waals surface area contributed by atoms with Crippen LogP contribution in [0.1, 0.15) is 17.7 Å². The summed E-state index contributed by atoms with van der Waals surface area (Å²) in [5.41, 5.74) is 1.19. The van der Waals surface area contributed by atoms with E-state index in [-0.39, 0.29) is 24.2 Å². The molecule has 0 aliphatic carbocycles. The van der Waals surface area contributed by atoms with Gasteiger partial charge in [-0.3, -0.25) is 9.59 Å². The Kier molecular flexibility index (Phi) is 4.41. The van der Waals surface area contributed by atoms with Gasteiger partial charge in [0.05, 0.1) is 5.92 Å². The van der Waals surface area contributed by atoms with Gasteiger partial charge in [0.25, 0.3) is 0 Å². The maximum Gasteiger partial charge on any atom is 0.231 e. The SMILES string of the molecule is Cc1cc(NC(=O)C2CC(=O)N(CCc3ccccc3)C2)no1. The first kappa shape index (κ1) is 15.3. The van der Waals surface area contributed by atoms with Crippen LogP contribution in [0.4, 0.5) is 5.82 Å². The molecule has 6 heteroatoms. The highest BCUT2D eigenvalue weighted by Crippen LogP contribution is 2.20. The van der Waals surface area contributed by atoms with Gasteiger partial charge >= 0.3 is 0 Å². The summed E-state index contributed by atoms with van der Waals surface area (Å²) in [4.78, 5) is 26.1. The molecule has 1 fully saturated rings. The zero-order valence-corrected chi connectivity index (χ0v) is 13.0. The number of hydrogen-bond donors (Lipinski definition) is 1. The van der Waals surface area contributed by atoms with Gasteiger partial charge in [0.15, 0.2) is 5.82 Å². The van der Waals surface area contributed by atoms with Crippen LogP contribution in [0.5, 0.6) is 0 Å². The molecule has 0 bridgehead atoms. The zero-order chi connectivity index (χ0) is 16.2. The number of likely N-dealkylation sites (tertiary alicyclic amines) is 1. The topological polar surface area (TPSA) is 75.4 Å². The van der Waals surface area contributed by atoms with Crippen LogP contribution in [-0.2, 0) is 16.0 Å². The summed E-state index contributed by atoms with van der Waals surface area (Å²) >= 11 is 0. The molecule has 0 spiro atoms. The summed E-state index contributed by atoms with van der Waals surface area (Å²) in [6.07, 6.45) is 1.04. The molecule has 6 nitrogen and oxygen atoms in total. The highest BCUT2D eigenvalue weighted by atomic mass is 16.5. The number of aromatic nitrogens is 1. The average molecular weight is 313 g/mol. The van der Waals surface area contributed by atoms with Crippen LogP contribution in [0.2, 0.25) is 0 Å². The number of hydrogen-bond acceptors (Lipinski definition) is 4. The number of nitrogens with zero attached hydrogens (tertiary/aromatic N) is 2. The minimum absolute atomic E-state index is 0.0254. The van der Waals surface area contributed by atoms with Crippen molar-refractivity contribution in [2.75, 3.05) is 18.4 Å². The van der Waals surface area contributed by atoms with E-state index in [1.165, 1.54) is 5.56 Å². The Morgan fingerprint density at radius 2 is 2.17 bits per heavy atom. The van der Waals surface area contributed by atoms with Gasteiger partial charge in [0.1, 0.15) is 5.76 Å². The van der Waals surface area contributed by atoms with Crippen molar-refractivity contribution < 1.29 is 14.1 Å². The van der Waals surface area contributed by atoms with Crippen LogP contribution in [-0.4, -0.2) is 35.0 Å². The Balaban J connectivity index is 1.53. The molecular formula is C17H19N3O3. The second-order valence-electron chi connectivity index (χ2n) is 5.79. The van der Waals surface area contributed by atoms with E-state index in [0.717, 1.165) is 6.42 Å². The number of carbonyl (C=O) groups is 2. The zero-order valence-electron chi connectivity index (χ0n) is 13.0. The molecule has 1 aromatic carbocycles. The normalized spacial score (nSPS) is 17.5. The van der Waals surface area contributed by atoms with Gasteiger partial charge in [-0.25, -0.2) is 0 Å². The predicted octanol–water partition coefficient (Wildman–Crippen LogP) is 2.01. The molecule has 1 unspecified atom stereocenters. The molecule has 2 aromatic rings. The largest absolute Gasteiger partial charge is 0.360 e. The Bertz CT molecular complexity index is 696. The van der Waals surface area contributed by atoms with E-state index >= 15 is 0 Å². The fourth-order valence-electron chi connectivity index (χ4n) is 2.73. The number of rotatable bonds is 5. The number of anilines is 1. The maximum atomic E-state index is 12.2. The van der Waals surface area contributed by atoms with Gasteiger partial charge in [-0.05, 0) is 18.9 Å². The summed E-state index contributed by atoms with van der Waals surface area (Å²) in [7, 11) is 0. The van der Waals surface area contributed by atoms with Gasteiger partial charge in [0, 0.05) is 25.6 Å². The van der Waals surface area contributed by atoms with Crippen molar-refractivity contribution in [1.29, 1.82) is 0 Å². The van der Waals surface area contributed by atoms with E-state index in [1.807, 2.05) is 30.3 Å². The molecule has 0 saturated carbocycles. The van der Waals surface area contributed by atoms with E-state index in [1.54, 1.807) is 17.9 Å². The van der Waals surface area contributed by atoms with E-state index in [2.05, 4.69) is 10.5 Å². The van der Waals surface area contributed by atoms with Crippen LogP contribution in [0.15, 0.2) is 40.9 Å². The van der Waals surface area contributed by atoms with Crippen LogP contribution in [0.3, 0.4) is 0 Å². The quantitative estimate of drug-likeness (QED) is 0.916. The monoisotopic (exact) mass is 313 g/mol. The Hall–Kier alpha value is -2.63. The van der Waals surface area contributed by atoms with Crippen LogP contribution < -0.4 is 5.32 Å². The van der Waals surface area contributed by atoms with Crippen molar-refractivity contribution in [1.82, 2.24) is 10.1 Å². The summed E-state index contributed by atoms with van der Waals surface area (Å²) in [6.45, 7) is 2.84. The third-order valence-electron chi connectivity index (χ3n) is 3.98. The van der Waals surface area contributed by atoms with Crippen LogP contribution in [0.25, 0.3) is 0 Å². The molecule has 1 atom stereocenters. The molecule has 23 heavy (non-hydrogen) atoms. The Morgan fingerprint density at radius 1 is 1.39 bits per heavy atom. The minimum Gasteiger partial charge on any atom is -0.360 e. The van der Waals surface area contributed by atoms with Gasteiger partial charge in [-0.15, -0.1) is 0 Å². The van der Waals surface area contributed by atoms with E-state index in [9.17, 15) is 9.59 Å². The number of carbonyl (C=O) groups excluding carboxylic acids is 2. The summed E-state index contributed by atoms with van der Waals surface area (Å²) in [5.74, 6) is 0.525. The third kappa shape index (κ3) is 3.77. The molecule has 0 radical (unpaired) electrons. The molecule has 3 rings (SSSR count). The lowest BCUT2D eigenvalue weighted by molar-refractivity contribution is -0.128. The smallest absolute Gasteiger partial charge is 0.231 e. The average Bonchev–Trinajstić information content (AvgIpc) is 3.12. The molecule has 1 saturated heterocycles. The predicted molar refractivity (Wildman–Crippen MR) is 84.7 cm³/mol. The molecule has 1 aromatic heterocycles. The first-order chi connectivity index (χ1) is 11.1. The highest BCUT2D eigenvalue weighted by Gasteiger charge is 2.34. The lowest BCUT2D eigenvalue weighted by atomic mass is 10.1. The Labute approximate surface area is 134 Å². The lowest BCUT2D eigenvalue weighted by Crippen LogP contribution is -2.30. The van der Waals surface area contributed by atoms with Crippen molar-refractivity contribution in [3.05, 3.63) is 47.7 Å². The van der Waals surface area contributed by atoms with Crippen LogP contribution >= 0.6 is 0 Å². The van der Waals surface area contributed by atoms with E-state index in [0.29, 0.717) is 24.7 Å². The summed E-state index contributed by atoms with van der Waals surface area (Å²) in [5, 5.41) is 6.43. The molecule has 120 valence electrons. The van der Waals surface area contributed by atoms with Gasteiger partial charge < -0.3 is 14.7 Å². The van der Waals surface area contributed by atoms with Gasteiger partial charge in [-0.1, -0.05) is 35.5 Å². The summed E-state index contributed by atoms with van der Waals surface area (Å²) < 4.78 is 4.92. The highest BCUT2D eigenvalue weighted by molar-refractivity contribution is 5.96. The Morgan fingerprint density at radius 3 is 2.87 bits per heavy atom. The number of aryl methyl sites for hydroxylation is 1. The van der Waals surface area contributed by atoms with Crippen molar-refractivity contribution in [2.24, 2.45) is 5.92 Å². The lowest BCUT2D eigenvalue weighted by Gasteiger charge is -2.16. The molecule has 2 amide bonds. The second kappa shape index (κ2) is 6.64. The second-order valence-corrected chi connectivity index (χ2v) is 5.79. The first-order valence-electron chi connectivity index (χ1n) is 7.67. The molecule has 1 N–H and O–H groups in total. The molecular weight excluding hydrogens is 294 g/mol. The molecule has 2 heterocycles. The number of amides is 2. The van der Waals surface area contributed by atoms with Crippen LogP contribution in [0, 0.1) is 12.8 Å². The van der Waals surface area contributed by atoms with Crippen molar-refractivity contribution in [3.63, 3.8) is 0 Å². The van der Waals surface area contributed by atoms with Crippen molar-refractivity contribution in [2.45, 2.75) is 19.8 Å². The van der Waals surface area contributed by atoms with Gasteiger partial charge in [0.2, 0.25) is 11.8 Å². The molecule has 1 aliphatic heterocycles. The first-order valence-corrected chi connectivity index (χ1v) is 7.67. The van der Waals surface area contributed by atoms with E-state index in [4.69, 9.17) is 4.52 Å². The fourth-order valence-corrected chi connectivity index (χ4v) is 2.73. The number of benzene rings is 1.